The Labute approximate surface area is 108 Å². The molecular weight excluding hydrogens is 251 g/mol. The third-order valence-corrected chi connectivity index (χ3v) is 3.62. The van der Waals surface area contributed by atoms with Gasteiger partial charge < -0.3 is 4.98 Å². The maximum Gasteiger partial charge on any atom is 0.254 e. The van der Waals surface area contributed by atoms with Crippen molar-refractivity contribution in [2.45, 2.75) is 24.5 Å². The lowest BCUT2D eigenvalue weighted by Crippen LogP contribution is -2.15. The Morgan fingerprint density at radius 1 is 1.39 bits per heavy atom. The number of aryl methyl sites for hydroxylation is 1. The second-order valence-corrected chi connectivity index (χ2v) is 5.02. The van der Waals surface area contributed by atoms with Crippen LogP contribution in [0.2, 0.25) is 0 Å². The summed E-state index contributed by atoms with van der Waals surface area (Å²) < 4.78 is 13.0. The molecule has 0 amide bonds. The number of nitrogens with one attached hydrogen (secondary N) is 1. The van der Waals surface area contributed by atoms with Crippen molar-refractivity contribution >= 4 is 11.8 Å². The minimum atomic E-state index is -0.262. The van der Waals surface area contributed by atoms with Crippen LogP contribution in [0.3, 0.4) is 0 Å². The van der Waals surface area contributed by atoms with Crippen molar-refractivity contribution in [3.63, 3.8) is 0 Å². The number of halogens is 1. The van der Waals surface area contributed by atoms with Gasteiger partial charge in [0, 0.05) is 16.2 Å². The summed E-state index contributed by atoms with van der Waals surface area (Å²) in [6, 6.07) is 6.35. The average molecular weight is 264 g/mol. The van der Waals surface area contributed by atoms with Crippen molar-refractivity contribution < 1.29 is 4.39 Å². The fourth-order valence-corrected chi connectivity index (χ4v) is 2.29. The highest BCUT2D eigenvalue weighted by molar-refractivity contribution is 7.98. The number of rotatable bonds is 3. The van der Waals surface area contributed by atoms with E-state index in [1.54, 1.807) is 19.9 Å². The van der Waals surface area contributed by atoms with E-state index in [1.165, 1.54) is 23.9 Å². The topological polar surface area (TPSA) is 45.8 Å². The van der Waals surface area contributed by atoms with Crippen LogP contribution in [0.5, 0.6) is 0 Å². The molecule has 2 rings (SSSR count). The molecule has 1 heterocycles. The Balaban J connectivity index is 2.14. The zero-order valence-electron chi connectivity index (χ0n) is 10.2. The second-order valence-electron chi connectivity index (χ2n) is 3.97. The lowest BCUT2D eigenvalue weighted by atomic mass is 10.3. The first-order valence-electron chi connectivity index (χ1n) is 5.51. The van der Waals surface area contributed by atoms with Gasteiger partial charge in [0.05, 0.1) is 5.75 Å². The van der Waals surface area contributed by atoms with Crippen LogP contribution in [0.25, 0.3) is 0 Å². The molecule has 0 fully saturated rings. The fourth-order valence-electron chi connectivity index (χ4n) is 1.48. The van der Waals surface area contributed by atoms with E-state index in [-0.39, 0.29) is 11.4 Å². The minimum Gasteiger partial charge on any atom is -0.310 e. The van der Waals surface area contributed by atoms with E-state index < -0.39 is 0 Å². The highest BCUT2D eigenvalue weighted by Crippen LogP contribution is 2.21. The molecule has 5 heteroatoms. The molecule has 2 aromatic rings. The van der Waals surface area contributed by atoms with Crippen molar-refractivity contribution in [1.82, 2.24) is 9.97 Å². The molecule has 1 aromatic carbocycles. The molecule has 0 saturated heterocycles. The summed E-state index contributed by atoms with van der Waals surface area (Å²) in [5.74, 6) is 0.860. The highest BCUT2D eigenvalue weighted by atomic mass is 32.2. The van der Waals surface area contributed by atoms with E-state index in [0.717, 1.165) is 10.6 Å². The monoisotopic (exact) mass is 264 g/mol. The third-order valence-electron chi connectivity index (χ3n) is 2.62. The Hall–Kier alpha value is -1.62. The number of aromatic nitrogens is 2. The van der Waals surface area contributed by atoms with Gasteiger partial charge in [-0.3, -0.25) is 4.79 Å². The molecule has 0 unspecified atom stereocenters. The number of hydrogen-bond acceptors (Lipinski definition) is 3. The van der Waals surface area contributed by atoms with E-state index >= 15 is 0 Å². The summed E-state index contributed by atoms with van der Waals surface area (Å²) in [7, 11) is 0. The van der Waals surface area contributed by atoms with E-state index in [9.17, 15) is 9.18 Å². The SMILES string of the molecule is Cc1nc(CSc2cccc(F)c2)[nH]c(=O)c1C. The summed E-state index contributed by atoms with van der Waals surface area (Å²) in [5.41, 5.74) is 1.25. The summed E-state index contributed by atoms with van der Waals surface area (Å²) in [6.07, 6.45) is 0. The summed E-state index contributed by atoms with van der Waals surface area (Å²) in [5, 5.41) is 0. The minimum absolute atomic E-state index is 0.114. The molecule has 0 bridgehead atoms. The van der Waals surface area contributed by atoms with Crippen LogP contribution in [0.1, 0.15) is 17.1 Å². The summed E-state index contributed by atoms with van der Waals surface area (Å²) in [6.45, 7) is 3.55. The number of nitrogens with zero attached hydrogens (tertiary/aromatic N) is 1. The molecule has 94 valence electrons. The summed E-state index contributed by atoms with van der Waals surface area (Å²) in [4.78, 5) is 19.4. The average Bonchev–Trinajstić information content (AvgIpc) is 2.33. The number of hydrogen-bond donors (Lipinski definition) is 1. The Morgan fingerprint density at radius 3 is 2.83 bits per heavy atom. The first kappa shape index (κ1) is 12.8. The van der Waals surface area contributed by atoms with Crippen molar-refractivity contribution in [2.75, 3.05) is 0 Å². The Morgan fingerprint density at radius 2 is 2.17 bits per heavy atom. The largest absolute Gasteiger partial charge is 0.310 e. The van der Waals surface area contributed by atoms with Gasteiger partial charge in [-0.15, -0.1) is 11.8 Å². The molecular formula is C13H13FN2OS. The van der Waals surface area contributed by atoms with E-state index in [1.807, 2.05) is 6.07 Å². The lowest BCUT2D eigenvalue weighted by Gasteiger charge is -2.04. The molecule has 0 aliphatic heterocycles. The Kier molecular flexibility index (Phi) is 3.81. The standard InChI is InChI=1S/C13H13FN2OS/c1-8-9(2)15-12(16-13(8)17)7-18-11-5-3-4-10(14)6-11/h3-6H,7H2,1-2H3,(H,15,16,17). The molecule has 1 aromatic heterocycles. The molecule has 1 N–H and O–H groups in total. The van der Waals surface area contributed by atoms with Crippen molar-refractivity contribution in [1.29, 1.82) is 0 Å². The van der Waals surface area contributed by atoms with Gasteiger partial charge in [-0.25, -0.2) is 9.37 Å². The molecule has 3 nitrogen and oxygen atoms in total. The van der Waals surface area contributed by atoms with Crippen molar-refractivity contribution in [3.05, 3.63) is 57.5 Å². The van der Waals surface area contributed by atoms with Crippen LogP contribution >= 0.6 is 11.8 Å². The second kappa shape index (κ2) is 5.35. The Bertz CT molecular complexity index is 625. The van der Waals surface area contributed by atoms with E-state index in [2.05, 4.69) is 9.97 Å². The molecule has 0 spiro atoms. The number of aromatic amines is 1. The van der Waals surface area contributed by atoms with Crippen LogP contribution in [-0.4, -0.2) is 9.97 Å². The van der Waals surface area contributed by atoms with Crippen molar-refractivity contribution in [3.8, 4) is 0 Å². The highest BCUT2D eigenvalue weighted by Gasteiger charge is 2.04. The normalized spacial score (nSPS) is 10.6. The van der Waals surface area contributed by atoms with Crippen LogP contribution in [0, 0.1) is 19.7 Å². The smallest absolute Gasteiger partial charge is 0.254 e. The van der Waals surface area contributed by atoms with Gasteiger partial charge in [-0.2, -0.15) is 0 Å². The van der Waals surface area contributed by atoms with Gasteiger partial charge in [-0.05, 0) is 32.0 Å². The zero-order valence-corrected chi connectivity index (χ0v) is 11.0. The molecule has 0 saturated carbocycles. The number of H-pyrrole nitrogens is 1. The quantitative estimate of drug-likeness (QED) is 0.867. The molecule has 0 aliphatic carbocycles. The predicted octanol–water partition coefficient (Wildman–Crippen LogP) is 2.82. The molecule has 0 atom stereocenters. The van der Waals surface area contributed by atoms with E-state index in [4.69, 9.17) is 0 Å². The van der Waals surface area contributed by atoms with Gasteiger partial charge in [0.2, 0.25) is 0 Å². The van der Waals surface area contributed by atoms with Gasteiger partial charge in [0.25, 0.3) is 5.56 Å². The number of benzene rings is 1. The molecule has 0 radical (unpaired) electrons. The summed E-state index contributed by atoms with van der Waals surface area (Å²) >= 11 is 1.44. The maximum absolute atomic E-state index is 13.0. The van der Waals surface area contributed by atoms with Gasteiger partial charge in [-0.1, -0.05) is 6.07 Å². The zero-order chi connectivity index (χ0) is 13.1. The first-order valence-corrected chi connectivity index (χ1v) is 6.49. The third kappa shape index (κ3) is 2.98. The van der Waals surface area contributed by atoms with Crippen LogP contribution in [0.15, 0.2) is 34.0 Å². The van der Waals surface area contributed by atoms with Gasteiger partial charge >= 0.3 is 0 Å². The van der Waals surface area contributed by atoms with Crippen LogP contribution < -0.4 is 5.56 Å². The van der Waals surface area contributed by atoms with Crippen LogP contribution in [-0.2, 0) is 5.75 Å². The number of thioether (sulfide) groups is 1. The van der Waals surface area contributed by atoms with Gasteiger partial charge in [0.15, 0.2) is 0 Å². The fraction of sp³-hybridized carbons (Fsp3) is 0.231. The van der Waals surface area contributed by atoms with Gasteiger partial charge in [0.1, 0.15) is 11.6 Å². The molecule has 0 aliphatic rings. The van der Waals surface area contributed by atoms with E-state index in [0.29, 0.717) is 17.1 Å². The van der Waals surface area contributed by atoms with Crippen LogP contribution in [0.4, 0.5) is 4.39 Å². The predicted molar refractivity (Wildman–Crippen MR) is 70.3 cm³/mol. The lowest BCUT2D eigenvalue weighted by molar-refractivity contribution is 0.624. The molecule has 18 heavy (non-hydrogen) atoms. The maximum atomic E-state index is 13.0. The van der Waals surface area contributed by atoms with Crippen molar-refractivity contribution in [2.24, 2.45) is 0 Å². The first-order chi connectivity index (χ1) is 8.56.